The molecule has 0 saturated carbocycles. The van der Waals surface area contributed by atoms with Crippen molar-refractivity contribution in [3.05, 3.63) is 29.5 Å². The van der Waals surface area contributed by atoms with Crippen LogP contribution in [0.4, 0.5) is 0 Å². The van der Waals surface area contributed by atoms with Crippen LogP contribution in [0.3, 0.4) is 0 Å². The summed E-state index contributed by atoms with van der Waals surface area (Å²) in [4.78, 5) is 3.47. The number of H-pyrrole nitrogens is 1. The lowest BCUT2D eigenvalue weighted by Gasteiger charge is -2.20. The van der Waals surface area contributed by atoms with E-state index in [-0.39, 0.29) is 6.10 Å². The van der Waals surface area contributed by atoms with Crippen LogP contribution in [0.2, 0.25) is 0 Å². The highest BCUT2D eigenvalue weighted by Crippen LogP contribution is 2.35. The SMILES string of the molecule is Cc1[nH]c2ccc(OC(C)C)cc2c1C(CN)C(C)C. The average Bonchev–Trinajstić information content (AvgIpc) is 2.66. The van der Waals surface area contributed by atoms with Crippen LogP contribution in [0, 0.1) is 12.8 Å². The molecule has 0 fully saturated rings. The van der Waals surface area contributed by atoms with Crippen molar-refractivity contribution in [2.45, 2.75) is 46.6 Å². The van der Waals surface area contributed by atoms with Crippen LogP contribution >= 0.6 is 0 Å². The van der Waals surface area contributed by atoms with Crippen LogP contribution in [0.5, 0.6) is 5.75 Å². The summed E-state index contributed by atoms with van der Waals surface area (Å²) in [6.07, 6.45) is 0.186. The molecule has 0 spiro atoms. The van der Waals surface area contributed by atoms with Crippen molar-refractivity contribution in [1.82, 2.24) is 4.98 Å². The van der Waals surface area contributed by atoms with E-state index in [1.165, 1.54) is 16.6 Å². The second kappa shape index (κ2) is 5.88. The Balaban J connectivity index is 2.54. The van der Waals surface area contributed by atoms with Gasteiger partial charge in [-0.3, -0.25) is 0 Å². The summed E-state index contributed by atoms with van der Waals surface area (Å²) in [5.41, 5.74) is 9.71. The van der Waals surface area contributed by atoms with Crippen molar-refractivity contribution < 1.29 is 4.74 Å². The minimum absolute atomic E-state index is 0.186. The van der Waals surface area contributed by atoms with Crippen LogP contribution in [-0.4, -0.2) is 17.6 Å². The molecule has 3 N–H and O–H groups in total. The summed E-state index contributed by atoms with van der Waals surface area (Å²) in [7, 11) is 0. The fraction of sp³-hybridized carbons (Fsp3) is 0.529. The standard InChI is InChI=1S/C17H26N2O/c1-10(2)15(9-18)17-12(5)19-16-7-6-13(8-14(16)17)20-11(3)4/h6-8,10-11,15,19H,9,18H2,1-5H3. The number of rotatable bonds is 5. The van der Waals surface area contributed by atoms with Crippen molar-refractivity contribution >= 4 is 10.9 Å². The van der Waals surface area contributed by atoms with Crippen LogP contribution < -0.4 is 10.5 Å². The van der Waals surface area contributed by atoms with E-state index in [1.807, 2.05) is 19.9 Å². The molecular formula is C17H26N2O. The molecule has 1 unspecified atom stereocenters. The van der Waals surface area contributed by atoms with Crippen molar-refractivity contribution in [2.24, 2.45) is 11.7 Å². The molecule has 20 heavy (non-hydrogen) atoms. The van der Waals surface area contributed by atoms with E-state index in [0.717, 1.165) is 11.3 Å². The summed E-state index contributed by atoms with van der Waals surface area (Å²) in [6, 6.07) is 6.26. The quantitative estimate of drug-likeness (QED) is 0.867. The molecule has 1 aromatic heterocycles. The van der Waals surface area contributed by atoms with Gasteiger partial charge in [-0.25, -0.2) is 0 Å². The second-order valence-electron chi connectivity index (χ2n) is 6.12. The van der Waals surface area contributed by atoms with Gasteiger partial charge in [0.1, 0.15) is 5.75 Å². The van der Waals surface area contributed by atoms with Crippen LogP contribution in [0.15, 0.2) is 18.2 Å². The first kappa shape index (κ1) is 14.9. The minimum Gasteiger partial charge on any atom is -0.491 e. The Morgan fingerprint density at radius 1 is 1.20 bits per heavy atom. The van der Waals surface area contributed by atoms with E-state index in [0.29, 0.717) is 18.4 Å². The van der Waals surface area contributed by atoms with Crippen molar-refractivity contribution in [1.29, 1.82) is 0 Å². The van der Waals surface area contributed by atoms with Gasteiger partial charge in [0.05, 0.1) is 6.10 Å². The van der Waals surface area contributed by atoms with E-state index in [4.69, 9.17) is 10.5 Å². The molecule has 0 aliphatic heterocycles. The maximum atomic E-state index is 6.00. The van der Waals surface area contributed by atoms with Gasteiger partial charge in [0, 0.05) is 22.5 Å². The zero-order chi connectivity index (χ0) is 14.9. The van der Waals surface area contributed by atoms with Crippen molar-refractivity contribution in [3.63, 3.8) is 0 Å². The molecule has 3 nitrogen and oxygen atoms in total. The molecule has 0 saturated heterocycles. The molecule has 0 aliphatic carbocycles. The number of aromatic amines is 1. The highest BCUT2D eigenvalue weighted by molar-refractivity contribution is 5.86. The highest BCUT2D eigenvalue weighted by atomic mass is 16.5. The van der Waals surface area contributed by atoms with Crippen molar-refractivity contribution in [2.75, 3.05) is 6.54 Å². The predicted octanol–water partition coefficient (Wildman–Crippen LogP) is 3.96. The molecule has 2 aromatic rings. The van der Waals surface area contributed by atoms with E-state index < -0.39 is 0 Å². The molecule has 1 heterocycles. The maximum absolute atomic E-state index is 6.00. The summed E-state index contributed by atoms with van der Waals surface area (Å²) >= 11 is 0. The van der Waals surface area contributed by atoms with E-state index in [1.54, 1.807) is 0 Å². The number of nitrogens with one attached hydrogen (secondary N) is 1. The molecule has 1 atom stereocenters. The molecule has 2 rings (SSSR count). The first-order chi connectivity index (χ1) is 9.43. The third kappa shape index (κ3) is 2.83. The topological polar surface area (TPSA) is 51.0 Å². The number of nitrogens with two attached hydrogens (primary N) is 1. The van der Waals surface area contributed by atoms with Gasteiger partial charge in [-0.1, -0.05) is 13.8 Å². The van der Waals surface area contributed by atoms with E-state index >= 15 is 0 Å². The number of benzene rings is 1. The van der Waals surface area contributed by atoms with Gasteiger partial charge in [0.2, 0.25) is 0 Å². The van der Waals surface area contributed by atoms with Gasteiger partial charge in [-0.15, -0.1) is 0 Å². The van der Waals surface area contributed by atoms with Crippen LogP contribution in [-0.2, 0) is 0 Å². The number of aromatic nitrogens is 1. The maximum Gasteiger partial charge on any atom is 0.120 e. The smallest absolute Gasteiger partial charge is 0.120 e. The van der Waals surface area contributed by atoms with E-state index in [2.05, 4.69) is 37.9 Å². The van der Waals surface area contributed by atoms with E-state index in [9.17, 15) is 0 Å². The molecule has 110 valence electrons. The van der Waals surface area contributed by atoms with Gasteiger partial charge < -0.3 is 15.5 Å². The van der Waals surface area contributed by atoms with Gasteiger partial charge in [-0.05, 0) is 57.0 Å². The summed E-state index contributed by atoms with van der Waals surface area (Å²) < 4.78 is 5.82. The van der Waals surface area contributed by atoms with Gasteiger partial charge in [0.25, 0.3) is 0 Å². The third-order valence-corrected chi connectivity index (χ3v) is 3.81. The van der Waals surface area contributed by atoms with Gasteiger partial charge >= 0.3 is 0 Å². The lowest BCUT2D eigenvalue weighted by molar-refractivity contribution is 0.243. The molecule has 0 aliphatic rings. The van der Waals surface area contributed by atoms with Gasteiger partial charge in [-0.2, -0.15) is 0 Å². The number of ether oxygens (including phenoxy) is 1. The third-order valence-electron chi connectivity index (χ3n) is 3.81. The Kier molecular flexibility index (Phi) is 4.39. The van der Waals surface area contributed by atoms with Gasteiger partial charge in [0.15, 0.2) is 0 Å². The lowest BCUT2D eigenvalue weighted by atomic mass is 9.87. The first-order valence-electron chi connectivity index (χ1n) is 7.43. The molecule has 0 amide bonds. The lowest BCUT2D eigenvalue weighted by Crippen LogP contribution is -2.18. The first-order valence-corrected chi connectivity index (χ1v) is 7.43. The molecule has 3 heteroatoms. The summed E-state index contributed by atoms with van der Waals surface area (Å²) in [5.74, 6) is 1.82. The summed E-state index contributed by atoms with van der Waals surface area (Å²) in [6.45, 7) is 11.3. The Hall–Kier alpha value is -1.48. The average molecular weight is 274 g/mol. The second-order valence-corrected chi connectivity index (χ2v) is 6.12. The largest absolute Gasteiger partial charge is 0.491 e. The zero-order valence-electron chi connectivity index (χ0n) is 13.2. The Bertz CT molecular complexity index is 584. The molecular weight excluding hydrogens is 248 g/mol. The Morgan fingerprint density at radius 3 is 2.45 bits per heavy atom. The molecule has 1 aromatic carbocycles. The fourth-order valence-electron chi connectivity index (χ4n) is 2.87. The minimum atomic E-state index is 0.186. The van der Waals surface area contributed by atoms with Crippen molar-refractivity contribution in [3.8, 4) is 5.75 Å². The molecule has 0 radical (unpaired) electrons. The molecule has 0 bridgehead atoms. The normalized spacial score (nSPS) is 13.4. The number of hydrogen-bond acceptors (Lipinski definition) is 2. The number of aryl methyl sites for hydroxylation is 1. The summed E-state index contributed by atoms with van der Waals surface area (Å²) in [5, 5.41) is 1.24. The predicted molar refractivity (Wildman–Crippen MR) is 85.4 cm³/mol. The Morgan fingerprint density at radius 2 is 1.90 bits per heavy atom. The van der Waals surface area contributed by atoms with Crippen LogP contribution in [0.25, 0.3) is 10.9 Å². The highest BCUT2D eigenvalue weighted by Gasteiger charge is 2.21. The van der Waals surface area contributed by atoms with Crippen LogP contribution in [0.1, 0.15) is 44.9 Å². The Labute approximate surface area is 121 Å². The number of fused-ring (bicyclic) bond motifs is 1. The fourth-order valence-corrected chi connectivity index (χ4v) is 2.87. The zero-order valence-corrected chi connectivity index (χ0v) is 13.2. The number of hydrogen-bond donors (Lipinski definition) is 2. The monoisotopic (exact) mass is 274 g/mol.